The third-order valence-electron chi connectivity index (χ3n) is 1.62. The lowest BCUT2D eigenvalue weighted by atomic mass is 10.2. The van der Waals surface area contributed by atoms with Crippen LogP contribution in [0.15, 0.2) is 12.1 Å². The van der Waals surface area contributed by atoms with Gasteiger partial charge in [-0.25, -0.2) is 0 Å². The zero-order valence-electron chi connectivity index (χ0n) is 7.23. The molecule has 0 bridgehead atoms. The van der Waals surface area contributed by atoms with Gasteiger partial charge in [0.1, 0.15) is 5.75 Å². The minimum atomic E-state index is 0.599. The first-order valence-electron chi connectivity index (χ1n) is 3.83. The Hall–Kier alpha value is -0.890. The Labute approximate surface area is 77.3 Å². The second-order valence-electron chi connectivity index (χ2n) is 2.57. The minimum Gasteiger partial charge on any atom is -0.492 e. The molecule has 0 heterocycles. The van der Waals surface area contributed by atoms with E-state index >= 15 is 0 Å². The van der Waals surface area contributed by atoms with Crippen molar-refractivity contribution in [2.75, 3.05) is 12.3 Å². The lowest BCUT2D eigenvalue weighted by molar-refractivity contribution is 0.340. The van der Waals surface area contributed by atoms with E-state index in [-0.39, 0.29) is 0 Å². The summed E-state index contributed by atoms with van der Waals surface area (Å²) >= 11 is 5.90. The van der Waals surface area contributed by atoms with E-state index in [9.17, 15) is 0 Å². The van der Waals surface area contributed by atoms with Crippen molar-refractivity contribution in [3.63, 3.8) is 0 Å². The zero-order chi connectivity index (χ0) is 9.14. The maximum absolute atomic E-state index is 5.90. The van der Waals surface area contributed by atoms with Gasteiger partial charge < -0.3 is 10.5 Å². The normalized spacial score (nSPS) is 9.92. The Balaban J connectivity index is 3.05. The SMILES string of the molecule is CCOc1cc(N)c(C)cc1Cl. The highest BCUT2D eigenvalue weighted by atomic mass is 35.5. The Morgan fingerprint density at radius 1 is 1.50 bits per heavy atom. The van der Waals surface area contributed by atoms with Gasteiger partial charge in [0, 0.05) is 11.8 Å². The highest BCUT2D eigenvalue weighted by Gasteiger charge is 2.03. The number of aryl methyl sites for hydroxylation is 1. The molecule has 0 saturated carbocycles. The van der Waals surface area contributed by atoms with Gasteiger partial charge >= 0.3 is 0 Å². The van der Waals surface area contributed by atoms with Crippen LogP contribution in [0.4, 0.5) is 5.69 Å². The summed E-state index contributed by atoms with van der Waals surface area (Å²) in [5.74, 6) is 0.655. The van der Waals surface area contributed by atoms with Crippen LogP contribution in [0.3, 0.4) is 0 Å². The lowest BCUT2D eigenvalue weighted by Crippen LogP contribution is -1.95. The average Bonchev–Trinajstić information content (AvgIpc) is 2.01. The van der Waals surface area contributed by atoms with Crippen LogP contribution in [0.1, 0.15) is 12.5 Å². The number of benzene rings is 1. The van der Waals surface area contributed by atoms with Crippen molar-refractivity contribution in [1.29, 1.82) is 0 Å². The summed E-state index contributed by atoms with van der Waals surface area (Å²) in [6, 6.07) is 3.56. The van der Waals surface area contributed by atoms with E-state index in [0.29, 0.717) is 23.1 Å². The number of nitrogen functional groups attached to an aromatic ring is 1. The molecule has 1 rings (SSSR count). The van der Waals surface area contributed by atoms with Gasteiger partial charge in [-0.15, -0.1) is 0 Å². The van der Waals surface area contributed by atoms with E-state index in [0.717, 1.165) is 5.56 Å². The topological polar surface area (TPSA) is 35.2 Å². The van der Waals surface area contributed by atoms with E-state index in [1.54, 1.807) is 6.07 Å². The van der Waals surface area contributed by atoms with Crippen LogP contribution in [-0.4, -0.2) is 6.61 Å². The molecule has 0 radical (unpaired) electrons. The summed E-state index contributed by atoms with van der Waals surface area (Å²) in [7, 11) is 0. The minimum absolute atomic E-state index is 0.599. The molecule has 0 unspecified atom stereocenters. The number of halogens is 1. The second-order valence-corrected chi connectivity index (χ2v) is 2.98. The van der Waals surface area contributed by atoms with Gasteiger partial charge in [-0.1, -0.05) is 11.6 Å². The Bertz CT molecular complexity index is 286. The molecule has 2 nitrogen and oxygen atoms in total. The number of hydrogen-bond donors (Lipinski definition) is 1. The van der Waals surface area contributed by atoms with Crippen LogP contribution in [0.25, 0.3) is 0 Å². The first kappa shape index (κ1) is 9.20. The number of hydrogen-bond acceptors (Lipinski definition) is 2. The van der Waals surface area contributed by atoms with Crippen molar-refractivity contribution in [2.24, 2.45) is 0 Å². The fraction of sp³-hybridized carbons (Fsp3) is 0.333. The second kappa shape index (κ2) is 3.68. The molecule has 12 heavy (non-hydrogen) atoms. The molecule has 0 saturated heterocycles. The molecule has 66 valence electrons. The Morgan fingerprint density at radius 2 is 2.17 bits per heavy atom. The van der Waals surface area contributed by atoms with E-state index in [2.05, 4.69) is 0 Å². The van der Waals surface area contributed by atoms with E-state index in [4.69, 9.17) is 22.1 Å². The molecule has 0 aliphatic heterocycles. The van der Waals surface area contributed by atoms with Crippen LogP contribution in [-0.2, 0) is 0 Å². The first-order valence-corrected chi connectivity index (χ1v) is 4.21. The highest BCUT2D eigenvalue weighted by molar-refractivity contribution is 6.32. The lowest BCUT2D eigenvalue weighted by Gasteiger charge is -2.07. The molecule has 0 spiro atoms. The number of anilines is 1. The summed E-state index contributed by atoms with van der Waals surface area (Å²) in [6.07, 6.45) is 0. The van der Waals surface area contributed by atoms with E-state index < -0.39 is 0 Å². The van der Waals surface area contributed by atoms with Gasteiger partial charge in [0.05, 0.1) is 11.6 Å². The molecule has 0 atom stereocenters. The fourth-order valence-electron chi connectivity index (χ4n) is 0.935. The summed E-state index contributed by atoms with van der Waals surface area (Å²) in [6.45, 7) is 4.42. The van der Waals surface area contributed by atoms with Gasteiger partial charge in [0.2, 0.25) is 0 Å². The van der Waals surface area contributed by atoms with Gasteiger partial charge in [0.15, 0.2) is 0 Å². The van der Waals surface area contributed by atoms with Gasteiger partial charge in [-0.2, -0.15) is 0 Å². The molecule has 0 aromatic heterocycles. The predicted molar refractivity (Wildman–Crippen MR) is 51.8 cm³/mol. The zero-order valence-corrected chi connectivity index (χ0v) is 7.98. The fourth-order valence-corrected chi connectivity index (χ4v) is 1.21. The number of nitrogens with two attached hydrogens (primary N) is 1. The third kappa shape index (κ3) is 1.83. The summed E-state index contributed by atoms with van der Waals surface area (Å²) in [5, 5.41) is 0.614. The number of rotatable bonds is 2. The quantitative estimate of drug-likeness (QED) is 0.719. The van der Waals surface area contributed by atoms with Crippen LogP contribution in [0, 0.1) is 6.92 Å². The van der Waals surface area contributed by atoms with Crippen molar-refractivity contribution in [3.8, 4) is 5.75 Å². The number of ether oxygens (including phenoxy) is 1. The predicted octanol–water partition coefficient (Wildman–Crippen LogP) is 2.63. The summed E-state index contributed by atoms with van der Waals surface area (Å²) < 4.78 is 5.26. The highest BCUT2D eigenvalue weighted by Crippen LogP contribution is 2.29. The molecule has 0 aliphatic carbocycles. The van der Waals surface area contributed by atoms with Gasteiger partial charge in [0.25, 0.3) is 0 Å². The van der Waals surface area contributed by atoms with Crippen molar-refractivity contribution >= 4 is 17.3 Å². The summed E-state index contributed by atoms with van der Waals surface area (Å²) in [4.78, 5) is 0. The van der Waals surface area contributed by atoms with Crippen LogP contribution < -0.4 is 10.5 Å². The molecule has 2 N–H and O–H groups in total. The molecule has 1 aromatic carbocycles. The molecule has 0 fully saturated rings. The molecule has 1 aromatic rings. The standard InChI is InChI=1S/C9H12ClNO/c1-3-12-9-5-8(11)6(2)4-7(9)10/h4-5H,3,11H2,1-2H3. The average molecular weight is 186 g/mol. The van der Waals surface area contributed by atoms with Crippen molar-refractivity contribution in [1.82, 2.24) is 0 Å². The van der Waals surface area contributed by atoms with Crippen LogP contribution in [0.5, 0.6) is 5.75 Å². The van der Waals surface area contributed by atoms with Crippen molar-refractivity contribution < 1.29 is 4.74 Å². The van der Waals surface area contributed by atoms with Crippen molar-refractivity contribution in [2.45, 2.75) is 13.8 Å². The molecule has 0 amide bonds. The largest absolute Gasteiger partial charge is 0.492 e. The molecular weight excluding hydrogens is 174 g/mol. The molecule has 0 aliphatic rings. The Kier molecular flexibility index (Phi) is 2.82. The maximum atomic E-state index is 5.90. The smallest absolute Gasteiger partial charge is 0.139 e. The van der Waals surface area contributed by atoms with Gasteiger partial charge in [-0.05, 0) is 25.5 Å². The maximum Gasteiger partial charge on any atom is 0.139 e. The van der Waals surface area contributed by atoms with Crippen LogP contribution in [0.2, 0.25) is 5.02 Å². The molecular formula is C9H12ClNO. The van der Waals surface area contributed by atoms with Crippen LogP contribution >= 0.6 is 11.6 Å². The monoisotopic (exact) mass is 185 g/mol. The molecule has 3 heteroatoms. The third-order valence-corrected chi connectivity index (χ3v) is 1.92. The van der Waals surface area contributed by atoms with Gasteiger partial charge in [-0.3, -0.25) is 0 Å². The summed E-state index contributed by atoms with van der Waals surface area (Å²) in [5.41, 5.74) is 7.37. The van der Waals surface area contributed by atoms with Crippen molar-refractivity contribution in [3.05, 3.63) is 22.7 Å². The van der Waals surface area contributed by atoms with E-state index in [1.807, 2.05) is 19.9 Å². The van der Waals surface area contributed by atoms with E-state index in [1.165, 1.54) is 0 Å². The first-order chi connectivity index (χ1) is 5.65. The Morgan fingerprint density at radius 3 is 2.75 bits per heavy atom.